The molecule has 17 heavy (non-hydrogen) atoms. The quantitative estimate of drug-likeness (QED) is 0.915. The molecule has 2 N–H and O–H groups in total. The molecule has 3 nitrogen and oxygen atoms in total. The summed E-state index contributed by atoms with van der Waals surface area (Å²) in [6, 6.07) is 6.53. The van der Waals surface area contributed by atoms with Crippen LogP contribution in [0.15, 0.2) is 24.3 Å². The highest BCUT2D eigenvalue weighted by Gasteiger charge is 2.31. The Kier molecular flexibility index (Phi) is 5.79. The second-order valence-electron chi connectivity index (χ2n) is 3.09. The Morgan fingerprint density at radius 3 is 2.59 bits per heavy atom. The fourth-order valence-electron chi connectivity index (χ4n) is 1.16. The number of alkyl halides is 3. The highest BCUT2D eigenvalue weighted by atomic mass is 35.5. The van der Waals surface area contributed by atoms with Crippen molar-refractivity contribution in [2.45, 2.75) is 18.8 Å². The van der Waals surface area contributed by atoms with E-state index in [1.807, 2.05) is 6.07 Å². The minimum atomic E-state index is -4.72. The zero-order valence-electron chi connectivity index (χ0n) is 8.57. The summed E-state index contributed by atoms with van der Waals surface area (Å²) in [6.07, 6.45) is -4.69. The van der Waals surface area contributed by atoms with E-state index < -0.39 is 12.4 Å². The molecule has 0 spiro atoms. The summed E-state index contributed by atoms with van der Waals surface area (Å²) in [4.78, 5) is 0. The molecule has 0 saturated carbocycles. The Labute approximate surface area is 102 Å². The fraction of sp³-hybridized carbons (Fsp3) is 0.300. The van der Waals surface area contributed by atoms with Gasteiger partial charge in [0.25, 0.3) is 0 Å². The molecule has 1 atom stereocenters. The monoisotopic (exact) mass is 266 g/mol. The second kappa shape index (κ2) is 6.33. The van der Waals surface area contributed by atoms with Crippen molar-refractivity contribution in [2.75, 3.05) is 0 Å². The van der Waals surface area contributed by atoms with Crippen LogP contribution in [0.1, 0.15) is 18.0 Å². The largest absolute Gasteiger partial charge is 0.573 e. The van der Waals surface area contributed by atoms with Gasteiger partial charge < -0.3 is 10.5 Å². The fourth-order valence-corrected chi connectivity index (χ4v) is 1.16. The number of rotatable bonds is 3. The molecule has 94 valence electrons. The first-order valence-electron chi connectivity index (χ1n) is 4.40. The maximum Gasteiger partial charge on any atom is 0.573 e. The van der Waals surface area contributed by atoms with Crippen LogP contribution in [0.3, 0.4) is 0 Å². The van der Waals surface area contributed by atoms with Gasteiger partial charge in [-0.15, -0.1) is 25.6 Å². The van der Waals surface area contributed by atoms with Crippen molar-refractivity contribution >= 4 is 12.4 Å². The molecule has 0 fully saturated rings. The number of ether oxygens (including phenoxy) is 1. The number of nitrogens with two attached hydrogens (primary N) is 1. The molecule has 0 amide bonds. The molecule has 0 unspecified atom stereocenters. The van der Waals surface area contributed by atoms with E-state index in [9.17, 15) is 13.2 Å². The minimum absolute atomic E-state index is 0. The number of nitrogens with zero attached hydrogens (tertiary/aromatic N) is 1. The van der Waals surface area contributed by atoms with Crippen molar-refractivity contribution < 1.29 is 17.9 Å². The second-order valence-corrected chi connectivity index (χ2v) is 3.09. The van der Waals surface area contributed by atoms with Gasteiger partial charge >= 0.3 is 6.36 Å². The number of benzene rings is 1. The van der Waals surface area contributed by atoms with Crippen LogP contribution < -0.4 is 10.5 Å². The van der Waals surface area contributed by atoms with Crippen LogP contribution in [0.5, 0.6) is 5.75 Å². The van der Waals surface area contributed by atoms with Crippen LogP contribution in [0.2, 0.25) is 0 Å². The van der Waals surface area contributed by atoms with Crippen molar-refractivity contribution in [3.05, 3.63) is 29.8 Å². The summed E-state index contributed by atoms with van der Waals surface area (Å²) in [5.41, 5.74) is 6.01. The summed E-state index contributed by atoms with van der Waals surface area (Å²) in [6.45, 7) is 0. The van der Waals surface area contributed by atoms with Gasteiger partial charge in [0.15, 0.2) is 0 Å². The van der Waals surface area contributed by atoms with E-state index in [4.69, 9.17) is 11.0 Å². The van der Waals surface area contributed by atoms with E-state index in [1.54, 1.807) is 6.07 Å². The van der Waals surface area contributed by atoms with E-state index in [-0.39, 0.29) is 24.6 Å². The van der Waals surface area contributed by atoms with Gasteiger partial charge in [-0.2, -0.15) is 5.26 Å². The zero-order valence-corrected chi connectivity index (χ0v) is 9.39. The van der Waals surface area contributed by atoms with E-state index in [1.165, 1.54) is 18.2 Å². The van der Waals surface area contributed by atoms with Gasteiger partial charge in [0.1, 0.15) is 5.75 Å². The van der Waals surface area contributed by atoms with Gasteiger partial charge in [-0.05, 0) is 17.7 Å². The maximum absolute atomic E-state index is 11.9. The van der Waals surface area contributed by atoms with E-state index >= 15 is 0 Å². The normalized spacial score (nSPS) is 12.2. The molecule has 0 radical (unpaired) electrons. The Balaban J connectivity index is 0.00000256. The average Bonchev–Trinajstić information content (AvgIpc) is 2.16. The molecule has 0 aliphatic heterocycles. The van der Waals surface area contributed by atoms with Gasteiger partial charge in [-0.3, -0.25) is 0 Å². The van der Waals surface area contributed by atoms with Crippen LogP contribution in [0.4, 0.5) is 13.2 Å². The topological polar surface area (TPSA) is 59.0 Å². The lowest BCUT2D eigenvalue weighted by Crippen LogP contribution is -2.17. The van der Waals surface area contributed by atoms with Crippen molar-refractivity contribution in [1.29, 1.82) is 5.26 Å². The van der Waals surface area contributed by atoms with Gasteiger partial charge in [-0.25, -0.2) is 0 Å². The predicted octanol–water partition coefficient (Wildman–Crippen LogP) is 2.92. The van der Waals surface area contributed by atoms with Crippen LogP contribution in [-0.4, -0.2) is 6.36 Å². The summed E-state index contributed by atoms with van der Waals surface area (Å²) in [5.74, 6) is -0.335. The first kappa shape index (κ1) is 15.6. The number of nitriles is 1. The van der Waals surface area contributed by atoms with Gasteiger partial charge in [0, 0.05) is 6.04 Å². The Morgan fingerprint density at radius 1 is 1.41 bits per heavy atom. The lowest BCUT2D eigenvalue weighted by Gasteiger charge is -2.12. The lowest BCUT2D eigenvalue weighted by molar-refractivity contribution is -0.274. The first-order valence-corrected chi connectivity index (χ1v) is 4.40. The van der Waals surface area contributed by atoms with Crippen LogP contribution in [0, 0.1) is 11.3 Å². The molecular formula is C10H10ClF3N2O. The van der Waals surface area contributed by atoms with Crippen molar-refractivity contribution in [3.63, 3.8) is 0 Å². The van der Waals surface area contributed by atoms with Crippen LogP contribution in [0.25, 0.3) is 0 Å². The maximum atomic E-state index is 11.9. The number of halogens is 4. The molecule has 0 aliphatic carbocycles. The van der Waals surface area contributed by atoms with Gasteiger partial charge in [-0.1, -0.05) is 12.1 Å². The van der Waals surface area contributed by atoms with Crippen LogP contribution >= 0.6 is 12.4 Å². The molecule has 0 saturated heterocycles. The summed E-state index contributed by atoms with van der Waals surface area (Å²) >= 11 is 0. The van der Waals surface area contributed by atoms with Gasteiger partial charge in [0.2, 0.25) is 0 Å². The van der Waals surface area contributed by atoms with Crippen molar-refractivity contribution in [1.82, 2.24) is 0 Å². The number of hydrogen-bond donors (Lipinski definition) is 1. The van der Waals surface area contributed by atoms with E-state index in [0.29, 0.717) is 5.56 Å². The standard InChI is InChI=1S/C10H9F3N2O.ClH/c11-10(12,13)16-8-3-1-2-7(6-8)9(15)4-5-14;/h1-3,6,9H,4,15H2;1H/t9-;/m1./s1. The highest BCUT2D eigenvalue weighted by molar-refractivity contribution is 5.85. The molecule has 7 heteroatoms. The summed E-state index contributed by atoms with van der Waals surface area (Å²) in [5, 5.41) is 8.41. The molecule has 0 bridgehead atoms. The van der Waals surface area contributed by atoms with Gasteiger partial charge in [0.05, 0.1) is 12.5 Å². The lowest BCUT2D eigenvalue weighted by atomic mass is 10.1. The van der Waals surface area contributed by atoms with Crippen LogP contribution in [-0.2, 0) is 0 Å². The molecule has 1 aromatic carbocycles. The van der Waals surface area contributed by atoms with E-state index in [2.05, 4.69) is 4.74 Å². The molecule has 0 heterocycles. The molecule has 0 aromatic heterocycles. The Morgan fingerprint density at radius 2 is 2.06 bits per heavy atom. The number of hydrogen-bond acceptors (Lipinski definition) is 3. The average molecular weight is 267 g/mol. The highest BCUT2D eigenvalue weighted by Crippen LogP contribution is 2.25. The molecule has 1 aromatic rings. The smallest absolute Gasteiger partial charge is 0.406 e. The molecule has 1 rings (SSSR count). The molecular weight excluding hydrogens is 257 g/mol. The third-order valence-corrected chi connectivity index (χ3v) is 1.83. The first-order chi connectivity index (χ1) is 7.42. The summed E-state index contributed by atoms with van der Waals surface area (Å²) < 4.78 is 39.5. The van der Waals surface area contributed by atoms with Crippen molar-refractivity contribution in [2.24, 2.45) is 5.73 Å². The Bertz CT molecular complexity index is 403. The Hall–Kier alpha value is -1.45. The predicted molar refractivity (Wildman–Crippen MR) is 57.5 cm³/mol. The van der Waals surface area contributed by atoms with Crippen molar-refractivity contribution in [3.8, 4) is 11.8 Å². The third kappa shape index (κ3) is 5.43. The van der Waals surface area contributed by atoms with E-state index in [0.717, 1.165) is 0 Å². The molecule has 0 aliphatic rings. The third-order valence-electron chi connectivity index (χ3n) is 1.83. The zero-order chi connectivity index (χ0) is 12.2. The summed E-state index contributed by atoms with van der Waals surface area (Å²) in [7, 11) is 0. The SMILES string of the molecule is Cl.N#CC[C@@H](N)c1cccc(OC(F)(F)F)c1. The minimum Gasteiger partial charge on any atom is -0.406 e.